The standard InChI is InChI=1S/C25H30N8O/c1-24(2)11-18(12-25(3,4)31-24)32(5)23-27-14-20(29-30-23)19-7-6-17(10-22(19)34)33-21-15-26-9-8-16(21)13-28-33/h6-10,13-15,18,31,34H,11-12H2,1-5H3. The normalized spacial score (nSPS) is 17.7. The molecule has 9 nitrogen and oxygen atoms in total. The third kappa shape index (κ3) is 4.19. The van der Waals surface area contributed by atoms with Crippen molar-refractivity contribution in [3.05, 3.63) is 49.1 Å². The van der Waals surface area contributed by atoms with Gasteiger partial charge >= 0.3 is 0 Å². The van der Waals surface area contributed by atoms with Crippen molar-refractivity contribution < 1.29 is 5.11 Å². The van der Waals surface area contributed by atoms with E-state index in [0.29, 0.717) is 23.2 Å². The maximum atomic E-state index is 10.7. The lowest BCUT2D eigenvalue weighted by atomic mass is 9.79. The SMILES string of the molecule is CN(c1ncc(-c2ccc(-n3ncc4ccncc43)cc2O)nn1)C1CC(C)(C)NC(C)(C)C1. The maximum absolute atomic E-state index is 10.7. The molecule has 1 saturated heterocycles. The highest BCUT2D eigenvalue weighted by molar-refractivity contribution is 5.79. The van der Waals surface area contributed by atoms with E-state index >= 15 is 0 Å². The molecule has 0 atom stereocenters. The molecule has 3 aromatic heterocycles. The van der Waals surface area contributed by atoms with Gasteiger partial charge in [-0.3, -0.25) is 4.98 Å². The lowest BCUT2D eigenvalue weighted by Crippen LogP contribution is -2.62. The number of benzene rings is 1. The summed E-state index contributed by atoms with van der Waals surface area (Å²) in [6.45, 7) is 8.91. The zero-order chi connectivity index (χ0) is 24.1. The lowest BCUT2D eigenvalue weighted by Gasteiger charge is -2.48. The van der Waals surface area contributed by atoms with Gasteiger partial charge in [0.2, 0.25) is 5.95 Å². The van der Waals surface area contributed by atoms with Gasteiger partial charge in [-0.1, -0.05) is 0 Å². The Bertz CT molecular complexity index is 1310. The van der Waals surface area contributed by atoms with Crippen molar-refractivity contribution in [2.75, 3.05) is 11.9 Å². The zero-order valence-corrected chi connectivity index (χ0v) is 20.2. The largest absolute Gasteiger partial charge is 0.507 e. The second kappa shape index (κ2) is 8.02. The Morgan fingerprint density at radius 3 is 2.47 bits per heavy atom. The van der Waals surface area contributed by atoms with Crippen molar-refractivity contribution in [1.29, 1.82) is 0 Å². The predicted molar refractivity (Wildman–Crippen MR) is 132 cm³/mol. The summed E-state index contributed by atoms with van der Waals surface area (Å²) in [5.74, 6) is 0.665. The molecule has 5 rings (SSSR count). The highest BCUT2D eigenvalue weighted by Crippen LogP contribution is 2.33. The van der Waals surface area contributed by atoms with E-state index in [2.05, 4.69) is 63.2 Å². The molecular formula is C25H30N8O. The number of anilines is 1. The van der Waals surface area contributed by atoms with Crippen LogP contribution in [-0.2, 0) is 0 Å². The number of nitrogens with one attached hydrogen (secondary N) is 1. The molecule has 0 amide bonds. The Balaban J connectivity index is 1.38. The van der Waals surface area contributed by atoms with Crippen molar-refractivity contribution in [3.63, 3.8) is 0 Å². The van der Waals surface area contributed by atoms with Crippen LogP contribution >= 0.6 is 0 Å². The van der Waals surface area contributed by atoms with Crippen molar-refractivity contribution >= 4 is 16.9 Å². The summed E-state index contributed by atoms with van der Waals surface area (Å²) in [4.78, 5) is 10.9. The number of hydrogen-bond donors (Lipinski definition) is 2. The molecule has 2 N–H and O–H groups in total. The van der Waals surface area contributed by atoms with Crippen molar-refractivity contribution in [1.82, 2.24) is 35.3 Å². The summed E-state index contributed by atoms with van der Waals surface area (Å²) in [7, 11) is 2.02. The topological polar surface area (TPSA) is 105 Å². The van der Waals surface area contributed by atoms with Crippen LogP contribution in [0.4, 0.5) is 5.95 Å². The number of piperidine rings is 1. The Morgan fingerprint density at radius 2 is 1.79 bits per heavy atom. The average Bonchev–Trinajstić information content (AvgIpc) is 3.21. The zero-order valence-electron chi connectivity index (χ0n) is 20.2. The minimum Gasteiger partial charge on any atom is -0.507 e. The summed E-state index contributed by atoms with van der Waals surface area (Å²) in [5, 5.41) is 28.6. The van der Waals surface area contributed by atoms with Gasteiger partial charge in [-0.2, -0.15) is 5.10 Å². The summed E-state index contributed by atoms with van der Waals surface area (Å²) < 4.78 is 1.75. The third-order valence-corrected chi connectivity index (χ3v) is 6.46. The lowest BCUT2D eigenvalue weighted by molar-refractivity contribution is 0.160. The van der Waals surface area contributed by atoms with Crippen LogP contribution in [0, 0.1) is 0 Å². The van der Waals surface area contributed by atoms with Gasteiger partial charge in [-0.05, 0) is 58.7 Å². The highest BCUT2D eigenvalue weighted by Gasteiger charge is 2.39. The number of phenols is 1. The molecule has 0 bridgehead atoms. The molecule has 0 radical (unpaired) electrons. The van der Waals surface area contributed by atoms with E-state index in [1.54, 1.807) is 35.5 Å². The molecule has 0 saturated carbocycles. The number of pyridine rings is 1. The van der Waals surface area contributed by atoms with E-state index in [1.165, 1.54) is 0 Å². The van der Waals surface area contributed by atoms with Crippen LogP contribution in [0.15, 0.2) is 49.1 Å². The van der Waals surface area contributed by atoms with Gasteiger partial charge in [0.1, 0.15) is 11.4 Å². The van der Waals surface area contributed by atoms with Gasteiger partial charge in [-0.15, -0.1) is 10.2 Å². The molecule has 1 aliphatic rings. The van der Waals surface area contributed by atoms with Crippen molar-refractivity contribution in [2.24, 2.45) is 0 Å². The van der Waals surface area contributed by atoms with Gasteiger partial charge in [0.15, 0.2) is 0 Å². The molecule has 0 spiro atoms. The number of aromatic nitrogens is 6. The Labute approximate surface area is 198 Å². The molecular weight excluding hydrogens is 428 g/mol. The summed E-state index contributed by atoms with van der Waals surface area (Å²) >= 11 is 0. The summed E-state index contributed by atoms with van der Waals surface area (Å²) in [5.41, 5.74) is 2.73. The van der Waals surface area contributed by atoms with Gasteiger partial charge < -0.3 is 15.3 Å². The fraction of sp³-hybridized carbons (Fsp3) is 0.400. The van der Waals surface area contributed by atoms with Crippen molar-refractivity contribution in [3.8, 4) is 22.7 Å². The Kier molecular flexibility index (Phi) is 5.24. The quantitative estimate of drug-likeness (QED) is 0.477. The first-order chi connectivity index (χ1) is 16.1. The first kappa shape index (κ1) is 22.2. The average molecular weight is 459 g/mol. The highest BCUT2D eigenvalue weighted by atomic mass is 16.3. The van der Waals surface area contributed by atoms with Crippen molar-refractivity contribution in [2.45, 2.75) is 57.7 Å². The number of phenolic OH excluding ortho intramolecular Hbond substituents is 1. The van der Waals surface area contributed by atoms with Gasteiger partial charge in [0.05, 0.1) is 29.8 Å². The first-order valence-electron chi connectivity index (χ1n) is 11.5. The van der Waals surface area contributed by atoms with Crippen LogP contribution in [0.2, 0.25) is 0 Å². The van der Waals surface area contributed by atoms with E-state index in [0.717, 1.165) is 29.4 Å². The summed E-state index contributed by atoms with van der Waals surface area (Å²) in [6, 6.07) is 7.55. The van der Waals surface area contributed by atoms with E-state index in [1.807, 2.05) is 25.2 Å². The van der Waals surface area contributed by atoms with E-state index in [-0.39, 0.29) is 16.8 Å². The van der Waals surface area contributed by atoms with Crippen LogP contribution in [0.3, 0.4) is 0 Å². The predicted octanol–water partition coefficient (Wildman–Crippen LogP) is 3.72. The second-order valence-corrected chi connectivity index (χ2v) is 10.4. The fourth-order valence-corrected chi connectivity index (χ4v) is 5.20. The molecule has 34 heavy (non-hydrogen) atoms. The molecule has 9 heteroatoms. The minimum absolute atomic E-state index is 0.0253. The molecule has 0 unspecified atom stereocenters. The van der Waals surface area contributed by atoms with E-state index in [4.69, 9.17) is 0 Å². The third-order valence-electron chi connectivity index (χ3n) is 6.46. The number of aromatic hydroxyl groups is 1. The van der Waals surface area contributed by atoms with Crippen LogP contribution in [0.1, 0.15) is 40.5 Å². The minimum atomic E-state index is 0.0253. The van der Waals surface area contributed by atoms with Crippen LogP contribution in [0.25, 0.3) is 27.8 Å². The molecule has 1 aromatic carbocycles. The number of nitrogens with zero attached hydrogens (tertiary/aromatic N) is 7. The Hall–Kier alpha value is -3.59. The molecule has 1 aliphatic heterocycles. The summed E-state index contributed by atoms with van der Waals surface area (Å²) in [6.07, 6.45) is 8.89. The molecule has 176 valence electrons. The maximum Gasteiger partial charge on any atom is 0.245 e. The fourth-order valence-electron chi connectivity index (χ4n) is 5.20. The van der Waals surface area contributed by atoms with Gasteiger partial charge in [0, 0.05) is 47.4 Å². The number of fused-ring (bicyclic) bond motifs is 1. The smallest absolute Gasteiger partial charge is 0.245 e. The van der Waals surface area contributed by atoms with Gasteiger partial charge in [-0.25, -0.2) is 9.67 Å². The van der Waals surface area contributed by atoms with Gasteiger partial charge in [0.25, 0.3) is 0 Å². The number of hydrogen-bond acceptors (Lipinski definition) is 8. The molecule has 1 fully saturated rings. The Morgan fingerprint density at radius 1 is 1.03 bits per heavy atom. The molecule has 4 heterocycles. The second-order valence-electron chi connectivity index (χ2n) is 10.4. The van der Waals surface area contributed by atoms with E-state index in [9.17, 15) is 5.11 Å². The monoisotopic (exact) mass is 458 g/mol. The van der Waals surface area contributed by atoms with Crippen LogP contribution < -0.4 is 10.2 Å². The molecule has 4 aromatic rings. The van der Waals surface area contributed by atoms with Crippen LogP contribution in [0.5, 0.6) is 5.75 Å². The molecule has 0 aliphatic carbocycles. The first-order valence-corrected chi connectivity index (χ1v) is 11.5. The van der Waals surface area contributed by atoms with Crippen LogP contribution in [-0.4, -0.2) is 59.2 Å². The van der Waals surface area contributed by atoms with E-state index < -0.39 is 0 Å². The number of rotatable bonds is 4.